The molecule has 0 aromatic heterocycles. The lowest BCUT2D eigenvalue weighted by Gasteiger charge is -2.33. The first-order chi connectivity index (χ1) is 15.6. The number of halogens is 1. The Kier molecular flexibility index (Phi) is 9.73. The zero-order valence-corrected chi connectivity index (χ0v) is 21.1. The van der Waals surface area contributed by atoms with Gasteiger partial charge in [0.15, 0.2) is 0 Å². The van der Waals surface area contributed by atoms with Crippen molar-refractivity contribution < 1.29 is 18.0 Å². The molecule has 180 valence electrons. The van der Waals surface area contributed by atoms with Gasteiger partial charge in [-0.1, -0.05) is 54.9 Å². The highest BCUT2D eigenvalue weighted by atomic mass is 35.5. The van der Waals surface area contributed by atoms with Crippen LogP contribution in [0.15, 0.2) is 48.5 Å². The molecule has 0 bridgehead atoms. The normalized spacial score (nSPS) is 12.2. The number of likely N-dealkylation sites (N-methyl/N-ethyl adjacent to an activating group) is 1. The van der Waals surface area contributed by atoms with Crippen LogP contribution < -0.4 is 9.62 Å². The molecule has 0 saturated heterocycles. The first-order valence-electron chi connectivity index (χ1n) is 10.9. The number of hydrogen-bond donors (Lipinski definition) is 1. The van der Waals surface area contributed by atoms with Crippen molar-refractivity contribution in [1.82, 2.24) is 10.2 Å². The predicted octanol–water partition coefficient (Wildman–Crippen LogP) is 3.40. The number of rotatable bonds is 11. The molecule has 0 radical (unpaired) electrons. The highest BCUT2D eigenvalue weighted by Gasteiger charge is 2.31. The van der Waals surface area contributed by atoms with Crippen molar-refractivity contribution in [3.8, 4) is 0 Å². The maximum atomic E-state index is 13.5. The number of carbonyl (C=O) groups excluding carboxylic acids is 2. The summed E-state index contributed by atoms with van der Waals surface area (Å²) in [6.45, 7) is 5.64. The van der Waals surface area contributed by atoms with Crippen LogP contribution >= 0.6 is 11.6 Å². The van der Waals surface area contributed by atoms with Gasteiger partial charge in [-0.2, -0.15) is 0 Å². The van der Waals surface area contributed by atoms with Crippen LogP contribution in [0.1, 0.15) is 31.4 Å². The monoisotopic (exact) mass is 493 g/mol. The van der Waals surface area contributed by atoms with Crippen molar-refractivity contribution >= 4 is 39.1 Å². The van der Waals surface area contributed by atoms with Crippen LogP contribution in [-0.4, -0.2) is 57.1 Å². The Morgan fingerprint density at radius 2 is 1.73 bits per heavy atom. The van der Waals surface area contributed by atoms with Gasteiger partial charge in [0.05, 0.1) is 11.9 Å². The fraction of sp³-hybridized carbons (Fsp3) is 0.417. The van der Waals surface area contributed by atoms with Crippen LogP contribution in [0.2, 0.25) is 5.02 Å². The third kappa shape index (κ3) is 7.20. The molecule has 2 aromatic rings. The average Bonchev–Trinajstić information content (AvgIpc) is 2.77. The van der Waals surface area contributed by atoms with E-state index in [-0.39, 0.29) is 12.5 Å². The minimum absolute atomic E-state index is 0.258. The topological polar surface area (TPSA) is 86.8 Å². The first kappa shape index (κ1) is 26.7. The van der Waals surface area contributed by atoms with Gasteiger partial charge >= 0.3 is 0 Å². The second kappa shape index (κ2) is 12.0. The van der Waals surface area contributed by atoms with Gasteiger partial charge in [-0.15, -0.1) is 0 Å². The van der Waals surface area contributed by atoms with Gasteiger partial charge in [-0.3, -0.25) is 13.9 Å². The standard InChI is InChI=1S/C24H32ClN3O4S/c1-5-21(24(30)26-6-2)27(16-15-19-11-8-7-9-12-19)23(29)17-28(33(4,31)32)22-14-10-13-20(25)18(22)3/h7-14,21H,5-6,15-17H2,1-4H3,(H,26,30). The average molecular weight is 494 g/mol. The lowest BCUT2D eigenvalue weighted by Crippen LogP contribution is -2.53. The lowest BCUT2D eigenvalue weighted by atomic mass is 10.1. The molecule has 0 fully saturated rings. The van der Waals surface area contributed by atoms with Crippen molar-refractivity contribution in [2.45, 2.75) is 39.7 Å². The van der Waals surface area contributed by atoms with Crippen LogP contribution in [0.4, 0.5) is 5.69 Å². The molecule has 2 aromatic carbocycles. The highest BCUT2D eigenvalue weighted by molar-refractivity contribution is 7.92. The second-order valence-electron chi connectivity index (χ2n) is 7.79. The van der Waals surface area contributed by atoms with Crippen molar-refractivity contribution in [3.05, 3.63) is 64.7 Å². The number of carbonyl (C=O) groups is 2. The van der Waals surface area contributed by atoms with Crippen molar-refractivity contribution in [1.29, 1.82) is 0 Å². The summed E-state index contributed by atoms with van der Waals surface area (Å²) in [5.41, 5.74) is 1.92. The van der Waals surface area contributed by atoms with E-state index in [9.17, 15) is 18.0 Å². The molecule has 7 nitrogen and oxygen atoms in total. The fourth-order valence-corrected chi connectivity index (χ4v) is 4.72. The lowest BCUT2D eigenvalue weighted by molar-refractivity contribution is -0.139. The summed E-state index contributed by atoms with van der Waals surface area (Å²) in [6.07, 6.45) is 2.00. The quantitative estimate of drug-likeness (QED) is 0.519. The molecule has 0 heterocycles. The maximum Gasteiger partial charge on any atom is 0.244 e. The summed E-state index contributed by atoms with van der Waals surface area (Å²) in [7, 11) is -3.79. The SMILES string of the molecule is CCNC(=O)C(CC)N(CCc1ccccc1)C(=O)CN(c1cccc(Cl)c1C)S(C)(=O)=O. The first-order valence-corrected chi connectivity index (χ1v) is 13.2. The van der Waals surface area contributed by atoms with Crippen LogP contribution in [0.25, 0.3) is 0 Å². The van der Waals surface area contributed by atoms with E-state index in [0.717, 1.165) is 16.1 Å². The summed E-state index contributed by atoms with van der Waals surface area (Å²) >= 11 is 6.20. The minimum atomic E-state index is -3.79. The van der Waals surface area contributed by atoms with E-state index >= 15 is 0 Å². The molecule has 2 amide bonds. The van der Waals surface area contributed by atoms with E-state index in [2.05, 4.69) is 5.32 Å². The molecule has 1 N–H and O–H groups in total. The third-order valence-corrected chi connectivity index (χ3v) is 6.94. The number of benzene rings is 2. The largest absolute Gasteiger partial charge is 0.355 e. The summed E-state index contributed by atoms with van der Waals surface area (Å²) in [4.78, 5) is 27.7. The number of nitrogens with one attached hydrogen (secondary N) is 1. The molecular weight excluding hydrogens is 462 g/mol. The zero-order chi connectivity index (χ0) is 24.6. The summed E-state index contributed by atoms with van der Waals surface area (Å²) in [6, 6.07) is 13.9. The van der Waals surface area contributed by atoms with Crippen molar-refractivity contribution in [3.63, 3.8) is 0 Å². The van der Waals surface area contributed by atoms with Gasteiger partial charge in [0.2, 0.25) is 21.8 Å². The Morgan fingerprint density at radius 1 is 1.06 bits per heavy atom. The van der Waals surface area contributed by atoms with E-state index in [4.69, 9.17) is 11.6 Å². The number of hydrogen-bond acceptors (Lipinski definition) is 4. The Labute approximate surface area is 201 Å². The zero-order valence-electron chi connectivity index (χ0n) is 19.5. The minimum Gasteiger partial charge on any atom is -0.355 e. The van der Waals surface area contributed by atoms with Gasteiger partial charge in [0.25, 0.3) is 0 Å². The highest BCUT2D eigenvalue weighted by Crippen LogP contribution is 2.28. The van der Waals surface area contributed by atoms with Gasteiger partial charge in [0.1, 0.15) is 12.6 Å². The van der Waals surface area contributed by atoms with Gasteiger partial charge in [-0.05, 0) is 49.9 Å². The van der Waals surface area contributed by atoms with Crippen LogP contribution in [0, 0.1) is 6.92 Å². The molecule has 0 aliphatic carbocycles. The molecule has 0 aliphatic heterocycles. The van der Waals surface area contributed by atoms with Crippen molar-refractivity contribution in [2.24, 2.45) is 0 Å². The van der Waals surface area contributed by atoms with E-state index in [1.54, 1.807) is 25.1 Å². The Bertz CT molecular complexity index is 1060. The molecular formula is C24H32ClN3O4S. The van der Waals surface area contributed by atoms with E-state index < -0.39 is 28.5 Å². The molecule has 1 atom stereocenters. The Hall–Kier alpha value is -2.58. The third-order valence-electron chi connectivity index (χ3n) is 5.41. The molecule has 0 aliphatic rings. The Balaban J connectivity index is 2.39. The van der Waals surface area contributed by atoms with Crippen LogP contribution in [0.5, 0.6) is 0 Å². The summed E-state index contributed by atoms with van der Waals surface area (Å²) in [5, 5.41) is 3.19. The number of amides is 2. The number of anilines is 1. The van der Waals surface area contributed by atoms with Gasteiger partial charge in [-0.25, -0.2) is 8.42 Å². The molecule has 9 heteroatoms. The van der Waals surface area contributed by atoms with Crippen LogP contribution in [-0.2, 0) is 26.0 Å². The second-order valence-corrected chi connectivity index (χ2v) is 10.1. The summed E-state index contributed by atoms with van der Waals surface area (Å²) in [5.74, 6) is -0.708. The fourth-order valence-electron chi connectivity index (χ4n) is 3.65. The molecule has 0 spiro atoms. The van der Waals surface area contributed by atoms with E-state index in [1.807, 2.05) is 44.2 Å². The Morgan fingerprint density at radius 3 is 2.30 bits per heavy atom. The molecule has 2 rings (SSSR count). The van der Waals surface area contributed by atoms with E-state index in [0.29, 0.717) is 35.7 Å². The smallest absolute Gasteiger partial charge is 0.244 e. The van der Waals surface area contributed by atoms with E-state index in [1.165, 1.54) is 4.90 Å². The van der Waals surface area contributed by atoms with Crippen molar-refractivity contribution in [2.75, 3.05) is 30.2 Å². The summed E-state index contributed by atoms with van der Waals surface area (Å²) < 4.78 is 26.3. The number of sulfonamides is 1. The predicted molar refractivity (Wildman–Crippen MR) is 133 cm³/mol. The maximum absolute atomic E-state index is 13.5. The molecule has 1 unspecified atom stereocenters. The molecule has 0 saturated carbocycles. The molecule has 33 heavy (non-hydrogen) atoms. The van der Waals surface area contributed by atoms with Gasteiger partial charge in [0, 0.05) is 18.1 Å². The van der Waals surface area contributed by atoms with Crippen LogP contribution in [0.3, 0.4) is 0 Å². The number of nitrogens with zero attached hydrogens (tertiary/aromatic N) is 2. The van der Waals surface area contributed by atoms with Gasteiger partial charge < -0.3 is 10.2 Å².